The van der Waals surface area contributed by atoms with Crippen molar-refractivity contribution < 1.29 is 9.47 Å². The monoisotopic (exact) mass is 233 g/mol. The van der Waals surface area contributed by atoms with E-state index in [-0.39, 0.29) is 6.29 Å². The van der Waals surface area contributed by atoms with Crippen molar-refractivity contribution in [1.82, 2.24) is 5.32 Å². The third-order valence-corrected chi connectivity index (χ3v) is 2.73. The maximum Gasteiger partial charge on any atom is 0.184 e. The van der Waals surface area contributed by atoms with Gasteiger partial charge < -0.3 is 14.8 Å². The van der Waals surface area contributed by atoms with E-state index in [0.717, 1.165) is 18.5 Å². The standard InChI is InChI=1S/C14H19NO2/c1-15-9-5-4-7-12-6-2-3-8-13(12)14-16-10-11-17-14/h2-4,6-8,14-15H,5,9-11H2,1H3. The van der Waals surface area contributed by atoms with Crippen LogP contribution in [-0.2, 0) is 9.47 Å². The SMILES string of the molecule is CNCCC=Cc1ccccc1C1OCCO1. The molecule has 1 saturated heterocycles. The molecule has 2 rings (SSSR count). The predicted molar refractivity (Wildman–Crippen MR) is 68.7 cm³/mol. The van der Waals surface area contributed by atoms with Crippen LogP contribution in [0.5, 0.6) is 0 Å². The van der Waals surface area contributed by atoms with Crippen LogP contribution in [0.1, 0.15) is 23.8 Å². The van der Waals surface area contributed by atoms with Crippen LogP contribution in [0.2, 0.25) is 0 Å². The maximum absolute atomic E-state index is 5.54. The molecule has 0 spiro atoms. The quantitative estimate of drug-likeness (QED) is 0.792. The van der Waals surface area contributed by atoms with Crippen LogP contribution >= 0.6 is 0 Å². The number of hydrogen-bond acceptors (Lipinski definition) is 3. The zero-order valence-corrected chi connectivity index (χ0v) is 10.2. The fourth-order valence-electron chi connectivity index (χ4n) is 1.85. The van der Waals surface area contributed by atoms with E-state index >= 15 is 0 Å². The van der Waals surface area contributed by atoms with E-state index in [4.69, 9.17) is 9.47 Å². The summed E-state index contributed by atoms with van der Waals surface area (Å²) < 4.78 is 11.1. The van der Waals surface area contributed by atoms with Crippen molar-refractivity contribution in [3.8, 4) is 0 Å². The molecule has 0 bridgehead atoms. The molecule has 3 nitrogen and oxygen atoms in total. The molecule has 1 heterocycles. The Morgan fingerprint density at radius 1 is 1.29 bits per heavy atom. The first-order valence-electron chi connectivity index (χ1n) is 6.05. The van der Waals surface area contributed by atoms with E-state index < -0.39 is 0 Å². The van der Waals surface area contributed by atoms with Crippen LogP contribution in [0.15, 0.2) is 30.3 Å². The van der Waals surface area contributed by atoms with Crippen molar-refractivity contribution in [2.75, 3.05) is 26.8 Å². The van der Waals surface area contributed by atoms with Gasteiger partial charge in [-0.15, -0.1) is 0 Å². The number of nitrogens with one attached hydrogen (secondary N) is 1. The third kappa shape index (κ3) is 3.40. The third-order valence-electron chi connectivity index (χ3n) is 2.73. The zero-order chi connectivity index (χ0) is 11.9. The van der Waals surface area contributed by atoms with E-state index in [9.17, 15) is 0 Å². The van der Waals surface area contributed by atoms with Crippen molar-refractivity contribution in [2.45, 2.75) is 12.7 Å². The Morgan fingerprint density at radius 2 is 2.06 bits per heavy atom. The average molecular weight is 233 g/mol. The summed E-state index contributed by atoms with van der Waals surface area (Å²) in [6.45, 7) is 2.36. The van der Waals surface area contributed by atoms with Gasteiger partial charge >= 0.3 is 0 Å². The van der Waals surface area contributed by atoms with E-state index in [0.29, 0.717) is 13.2 Å². The fraction of sp³-hybridized carbons (Fsp3) is 0.429. The molecule has 0 unspecified atom stereocenters. The van der Waals surface area contributed by atoms with Crippen LogP contribution < -0.4 is 5.32 Å². The van der Waals surface area contributed by atoms with Crippen LogP contribution in [0.4, 0.5) is 0 Å². The topological polar surface area (TPSA) is 30.5 Å². The molecule has 1 N–H and O–H groups in total. The van der Waals surface area contributed by atoms with Crippen LogP contribution in [0.25, 0.3) is 6.08 Å². The molecule has 0 amide bonds. The van der Waals surface area contributed by atoms with Gasteiger partial charge in [-0.2, -0.15) is 0 Å². The highest BCUT2D eigenvalue weighted by atomic mass is 16.7. The van der Waals surface area contributed by atoms with E-state index in [1.165, 1.54) is 5.56 Å². The number of hydrogen-bond donors (Lipinski definition) is 1. The summed E-state index contributed by atoms with van der Waals surface area (Å²) in [6.07, 6.45) is 5.14. The van der Waals surface area contributed by atoms with Crippen molar-refractivity contribution in [3.05, 3.63) is 41.5 Å². The normalized spacial score (nSPS) is 17.0. The molecule has 3 heteroatoms. The molecule has 0 saturated carbocycles. The van der Waals surface area contributed by atoms with Crippen molar-refractivity contribution in [1.29, 1.82) is 0 Å². The van der Waals surface area contributed by atoms with Crippen molar-refractivity contribution >= 4 is 6.08 Å². The molecule has 0 radical (unpaired) electrons. The van der Waals surface area contributed by atoms with Crippen LogP contribution in [0, 0.1) is 0 Å². The number of rotatable bonds is 5. The second-order valence-electron chi connectivity index (χ2n) is 4.00. The summed E-state index contributed by atoms with van der Waals surface area (Å²) >= 11 is 0. The molecular formula is C14H19NO2. The Hall–Kier alpha value is -1.16. The number of ether oxygens (including phenoxy) is 2. The lowest BCUT2D eigenvalue weighted by Gasteiger charge is -2.12. The maximum atomic E-state index is 5.54. The lowest BCUT2D eigenvalue weighted by molar-refractivity contribution is -0.0442. The van der Waals surface area contributed by atoms with Gasteiger partial charge in [-0.1, -0.05) is 36.4 Å². The van der Waals surface area contributed by atoms with Gasteiger partial charge in [0.2, 0.25) is 0 Å². The van der Waals surface area contributed by atoms with Gasteiger partial charge in [0.25, 0.3) is 0 Å². The Kier molecular flexibility index (Phi) is 4.74. The lowest BCUT2D eigenvalue weighted by atomic mass is 10.1. The number of benzene rings is 1. The Morgan fingerprint density at radius 3 is 2.82 bits per heavy atom. The second kappa shape index (κ2) is 6.55. The second-order valence-corrected chi connectivity index (χ2v) is 4.00. The van der Waals surface area contributed by atoms with Gasteiger partial charge in [-0.05, 0) is 25.6 Å². The summed E-state index contributed by atoms with van der Waals surface area (Å²) in [7, 11) is 1.96. The average Bonchev–Trinajstić information content (AvgIpc) is 2.89. The van der Waals surface area contributed by atoms with Crippen LogP contribution in [0.3, 0.4) is 0 Å². The Labute approximate surface area is 102 Å². The molecule has 1 fully saturated rings. The minimum absolute atomic E-state index is 0.194. The minimum atomic E-state index is -0.194. The molecule has 1 aromatic rings. The summed E-state index contributed by atoms with van der Waals surface area (Å²) in [4.78, 5) is 0. The van der Waals surface area contributed by atoms with Crippen LogP contribution in [-0.4, -0.2) is 26.8 Å². The highest BCUT2D eigenvalue weighted by Gasteiger charge is 2.19. The molecule has 1 aliphatic heterocycles. The molecule has 0 aromatic heterocycles. The largest absolute Gasteiger partial charge is 0.346 e. The van der Waals surface area contributed by atoms with Crippen molar-refractivity contribution in [3.63, 3.8) is 0 Å². The first-order chi connectivity index (χ1) is 8.42. The highest BCUT2D eigenvalue weighted by molar-refractivity contribution is 5.54. The molecular weight excluding hydrogens is 214 g/mol. The zero-order valence-electron chi connectivity index (χ0n) is 10.2. The van der Waals surface area contributed by atoms with Gasteiger partial charge in [-0.3, -0.25) is 0 Å². The molecule has 0 atom stereocenters. The highest BCUT2D eigenvalue weighted by Crippen LogP contribution is 2.26. The first-order valence-corrected chi connectivity index (χ1v) is 6.05. The smallest absolute Gasteiger partial charge is 0.184 e. The fourth-order valence-corrected chi connectivity index (χ4v) is 1.85. The lowest BCUT2D eigenvalue weighted by Crippen LogP contribution is -2.05. The predicted octanol–water partition coefficient (Wildman–Crippen LogP) is 2.35. The summed E-state index contributed by atoms with van der Waals surface area (Å²) in [5.74, 6) is 0. The van der Waals surface area contributed by atoms with Gasteiger partial charge in [0.15, 0.2) is 6.29 Å². The van der Waals surface area contributed by atoms with E-state index in [1.807, 2.05) is 19.2 Å². The molecule has 1 aromatic carbocycles. The molecule has 0 aliphatic carbocycles. The summed E-state index contributed by atoms with van der Waals surface area (Å²) in [6, 6.07) is 8.21. The van der Waals surface area contributed by atoms with E-state index in [1.54, 1.807) is 0 Å². The molecule has 92 valence electrons. The first kappa shape index (κ1) is 12.3. The van der Waals surface area contributed by atoms with Gasteiger partial charge in [0.05, 0.1) is 13.2 Å². The summed E-state index contributed by atoms with van der Waals surface area (Å²) in [5, 5.41) is 3.12. The molecule has 1 aliphatic rings. The van der Waals surface area contributed by atoms with Crippen molar-refractivity contribution in [2.24, 2.45) is 0 Å². The molecule has 17 heavy (non-hydrogen) atoms. The van der Waals surface area contributed by atoms with Gasteiger partial charge in [0.1, 0.15) is 0 Å². The van der Waals surface area contributed by atoms with Gasteiger partial charge in [0, 0.05) is 5.56 Å². The Bertz CT molecular complexity index is 370. The minimum Gasteiger partial charge on any atom is -0.346 e. The van der Waals surface area contributed by atoms with E-state index in [2.05, 4.69) is 29.6 Å². The Balaban J connectivity index is 2.07. The summed E-state index contributed by atoms with van der Waals surface area (Å²) in [5.41, 5.74) is 2.29. The van der Waals surface area contributed by atoms with Gasteiger partial charge in [-0.25, -0.2) is 0 Å².